The summed E-state index contributed by atoms with van der Waals surface area (Å²) < 4.78 is 0. The molecule has 86 valence electrons. The third-order valence-electron chi connectivity index (χ3n) is 3.57. The number of nitrogens with one attached hydrogen (secondary N) is 1. The third kappa shape index (κ3) is 1.98. The molecule has 3 rings (SSSR count). The van der Waals surface area contributed by atoms with Gasteiger partial charge in [0, 0.05) is 19.0 Å². The van der Waals surface area contributed by atoms with Gasteiger partial charge in [0.2, 0.25) is 0 Å². The molecule has 1 heteroatoms. The van der Waals surface area contributed by atoms with Crippen molar-refractivity contribution in [1.82, 2.24) is 5.32 Å². The van der Waals surface area contributed by atoms with Crippen LogP contribution in [-0.4, -0.2) is 6.54 Å². The molecule has 0 spiro atoms. The normalized spacial score (nSPS) is 18.8. The Balaban J connectivity index is 2.03. The van der Waals surface area contributed by atoms with Crippen molar-refractivity contribution in [2.45, 2.75) is 19.4 Å². The van der Waals surface area contributed by atoms with Gasteiger partial charge in [0.15, 0.2) is 0 Å². The molecule has 0 saturated heterocycles. The highest BCUT2D eigenvalue weighted by atomic mass is 14.9. The Kier molecular flexibility index (Phi) is 2.69. The van der Waals surface area contributed by atoms with Crippen molar-refractivity contribution >= 4 is 0 Å². The lowest BCUT2D eigenvalue weighted by molar-refractivity contribution is 0.591. The van der Waals surface area contributed by atoms with E-state index in [0.29, 0.717) is 5.92 Å². The van der Waals surface area contributed by atoms with Crippen LogP contribution in [0.3, 0.4) is 0 Å². The van der Waals surface area contributed by atoms with Crippen molar-refractivity contribution in [2.24, 2.45) is 0 Å². The maximum Gasteiger partial charge on any atom is 0.0218 e. The maximum atomic E-state index is 3.50. The molecule has 1 aliphatic rings. The molecule has 17 heavy (non-hydrogen) atoms. The van der Waals surface area contributed by atoms with Crippen LogP contribution in [0.15, 0.2) is 48.5 Å². The first-order valence-corrected chi connectivity index (χ1v) is 6.19. The quantitative estimate of drug-likeness (QED) is 0.782. The molecule has 0 radical (unpaired) electrons. The van der Waals surface area contributed by atoms with Crippen LogP contribution < -0.4 is 5.32 Å². The molecule has 0 saturated carbocycles. The lowest BCUT2D eigenvalue weighted by Gasteiger charge is -2.26. The summed E-state index contributed by atoms with van der Waals surface area (Å²) in [5.41, 5.74) is 5.65. The molecule has 0 bridgehead atoms. The van der Waals surface area contributed by atoms with E-state index < -0.39 is 0 Å². The van der Waals surface area contributed by atoms with Crippen molar-refractivity contribution < 1.29 is 0 Å². The van der Waals surface area contributed by atoms with E-state index in [1.165, 1.54) is 22.3 Å². The van der Waals surface area contributed by atoms with Crippen molar-refractivity contribution in [2.75, 3.05) is 6.54 Å². The summed E-state index contributed by atoms with van der Waals surface area (Å²) in [5.74, 6) is 0.501. The number of hydrogen-bond donors (Lipinski definition) is 1. The minimum atomic E-state index is 0.501. The van der Waals surface area contributed by atoms with Gasteiger partial charge >= 0.3 is 0 Å². The number of rotatable bonds is 1. The molecule has 1 nitrogen and oxygen atoms in total. The van der Waals surface area contributed by atoms with Crippen molar-refractivity contribution in [3.05, 3.63) is 70.8 Å². The number of aryl methyl sites for hydroxylation is 1. The largest absolute Gasteiger partial charge is 0.312 e. The zero-order valence-corrected chi connectivity index (χ0v) is 10.1. The smallest absolute Gasteiger partial charge is 0.0218 e. The van der Waals surface area contributed by atoms with Gasteiger partial charge in [0.1, 0.15) is 0 Å². The molecule has 1 N–H and O–H groups in total. The first-order chi connectivity index (χ1) is 8.34. The summed E-state index contributed by atoms with van der Waals surface area (Å²) >= 11 is 0. The zero-order valence-electron chi connectivity index (χ0n) is 10.1. The number of fused-ring (bicyclic) bond motifs is 1. The van der Waals surface area contributed by atoms with Crippen molar-refractivity contribution in [3.63, 3.8) is 0 Å². The molecule has 1 aliphatic heterocycles. The molecular formula is C16H17N. The van der Waals surface area contributed by atoms with E-state index in [-0.39, 0.29) is 0 Å². The van der Waals surface area contributed by atoms with Gasteiger partial charge in [-0.15, -0.1) is 0 Å². The Morgan fingerprint density at radius 1 is 1.00 bits per heavy atom. The standard InChI is InChI=1S/C16H17N/c1-12-6-8-13(9-7-12)16-11-17-10-14-4-2-3-5-15(14)16/h2-9,16-17H,10-11H2,1H3. The van der Waals surface area contributed by atoms with Gasteiger partial charge in [0.05, 0.1) is 0 Å². The van der Waals surface area contributed by atoms with Crippen LogP contribution in [0.25, 0.3) is 0 Å². The topological polar surface area (TPSA) is 12.0 Å². The first-order valence-electron chi connectivity index (χ1n) is 6.19. The van der Waals surface area contributed by atoms with Crippen LogP contribution in [-0.2, 0) is 6.54 Å². The van der Waals surface area contributed by atoms with Crippen LogP contribution in [0.1, 0.15) is 28.2 Å². The minimum absolute atomic E-state index is 0.501. The highest BCUT2D eigenvalue weighted by Gasteiger charge is 2.20. The van der Waals surface area contributed by atoms with E-state index in [1.807, 2.05) is 0 Å². The summed E-state index contributed by atoms with van der Waals surface area (Å²) in [5, 5.41) is 3.50. The molecule has 2 aromatic rings. The highest BCUT2D eigenvalue weighted by molar-refractivity contribution is 5.40. The molecule has 1 heterocycles. The highest BCUT2D eigenvalue weighted by Crippen LogP contribution is 2.29. The Bertz CT molecular complexity index is 513. The van der Waals surface area contributed by atoms with Crippen LogP contribution >= 0.6 is 0 Å². The van der Waals surface area contributed by atoms with Crippen molar-refractivity contribution in [1.29, 1.82) is 0 Å². The van der Waals surface area contributed by atoms with Gasteiger partial charge in [-0.25, -0.2) is 0 Å². The van der Waals surface area contributed by atoms with E-state index >= 15 is 0 Å². The van der Waals surface area contributed by atoms with Crippen LogP contribution in [0.2, 0.25) is 0 Å². The maximum absolute atomic E-state index is 3.50. The Morgan fingerprint density at radius 3 is 2.59 bits per heavy atom. The zero-order chi connectivity index (χ0) is 11.7. The van der Waals surface area contributed by atoms with Gasteiger partial charge in [-0.05, 0) is 23.6 Å². The Labute approximate surface area is 102 Å². The van der Waals surface area contributed by atoms with E-state index in [0.717, 1.165) is 13.1 Å². The van der Waals surface area contributed by atoms with Crippen molar-refractivity contribution in [3.8, 4) is 0 Å². The third-order valence-corrected chi connectivity index (χ3v) is 3.57. The summed E-state index contributed by atoms with van der Waals surface area (Å²) in [6.07, 6.45) is 0. The average Bonchev–Trinajstić information content (AvgIpc) is 2.39. The van der Waals surface area contributed by atoms with Crippen LogP contribution in [0.5, 0.6) is 0 Å². The lowest BCUT2D eigenvalue weighted by atomic mass is 9.85. The summed E-state index contributed by atoms with van der Waals surface area (Å²) in [4.78, 5) is 0. The summed E-state index contributed by atoms with van der Waals surface area (Å²) in [6.45, 7) is 4.18. The molecule has 1 atom stereocenters. The second-order valence-electron chi connectivity index (χ2n) is 4.79. The van der Waals surface area contributed by atoms with Crippen LogP contribution in [0, 0.1) is 6.92 Å². The molecular weight excluding hydrogens is 206 g/mol. The van der Waals surface area contributed by atoms with E-state index in [4.69, 9.17) is 0 Å². The van der Waals surface area contributed by atoms with Crippen LogP contribution in [0.4, 0.5) is 0 Å². The second kappa shape index (κ2) is 4.34. The fourth-order valence-corrected chi connectivity index (χ4v) is 2.59. The van der Waals surface area contributed by atoms with Gasteiger partial charge in [0.25, 0.3) is 0 Å². The Morgan fingerprint density at radius 2 is 1.76 bits per heavy atom. The number of benzene rings is 2. The molecule has 0 amide bonds. The lowest BCUT2D eigenvalue weighted by Crippen LogP contribution is -2.28. The molecule has 0 aliphatic carbocycles. The van der Waals surface area contributed by atoms with Gasteiger partial charge in [-0.2, -0.15) is 0 Å². The predicted molar refractivity (Wildman–Crippen MR) is 71.2 cm³/mol. The predicted octanol–water partition coefficient (Wildman–Crippen LogP) is 3.23. The SMILES string of the molecule is Cc1ccc(C2CNCc3ccccc32)cc1. The van der Waals surface area contributed by atoms with E-state index in [1.54, 1.807) is 0 Å². The first kappa shape index (κ1) is 10.5. The monoisotopic (exact) mass is 223 g/mol. The minimum Gasteiger partial charge on any atom is -0.312 e. The second-order valence-corrected chi connectivity index (χ2v) is 4.79. The molecule has 2 aromatic carbocycles. The summed E-state index contributed by atoms with van der Waals surface area (Å²) in [7, 11) is 0. The van der Waals surface area contributed by atoms with E-state index in [9.17, 15) is 0 Å². The van der Waals surface area contributed by atoms with E-state index in [2.05, 4.69) is 60.8 Å². The Hall–Kier alpha value is -1.60. The molecule has 0 fully saturated rings. The van der Waals surface area contributed by atoms with Gasteiger partial charge < -0.3 is 5.32 Å². The fourth-order valence-electron chi connectivity index (χ4n) is 2.59. The summed E-state index contributed by atoms with van der Waals surface area (Å²) in [6, 6.07) is 17.7. The number of hydrogen-bond acceptors (Lipinski definition) is 1. The molecule has 1 unspecified atom stereocenters. The van der Waals surface area contributed by atoms with Gasteiger partial charge in [-0.3, -0.25) is 0 Å². The average molecular weight is 223 g/mol. The fraction of sp³-hybridized carbons (Fsp3) is 0.250. The van der Waals surface area contributed by atoms with Gasteiger partial charge in [-0.1, -0.05) is 54.1 Å². The molecule has 0 aromatic heterocycles.